The molecule has 112 valence electrons. The zero-order valence-corrected chi connectivity index (χ0v) is 12.6. The van der Waals surface area contributed by atoms with Crippen molar-refractivity contribution >= 4 is 0 Å². The molecule has 1 N–H and O–H groups in total. The van der Waals surface area contributed by atoms with Gasteiger partial charge in [0.25, 0.3) is 0 Å². The highest BCUT2D eigenvalue weighted by atomic mass is 19.1. The van der Waals surface area contributed by atoms with Gasteiger partial charge >= 0.3 is 0 Å². The average molecular weight is 279 g/mol. The van der Waals surface area contributed by atoms with Gasteiger partial charge in [0, 0.05) is 7.11 Å². The second kappa shape index (κ2) is 7.75. The van der Waals surface area contributed by atoms with Crippen LogP contribution in [0.25, 0.3) is 0 Å². The molecule has 1 fully saturated rings. The van der Waals surface area contributed by atoms with Crippen molar-refractivity contribution < 1.29 is 9.13 Å². The highest BCUT2D eigenvalue weighted by Gasteiger charge is 2.31. The van der Waals surface area contributed by atoms with Gasteiger partial charge in [0.05, 0.1) is 12.1 Å². The molecule has 1 aliphatic carbocycles. The highest BCUT2D eigenvalue weighted by molar-refractivity contribution is 5.21. The predicted octanol–water partition coefficient (Wildman–Crippen LogP) is 4.07. The van der Waals surface area contributed by atoms with Crippen LogP contribution >= 0.6 is 0 Å². The largest absolute Gasteiger partial charge is 0.379 e. The van der Waals surface area contributed by atoms with E-state index in [0.29, 0.717) is 5.92 Å². The van der Waals surface area contributed by atoms with Gasteiger partial charge in [-0.15, -0.1) is 0 Å². The Kier molecular flexibility index (Phi) is 5.99. The first kappa shape index (κ1) is 15.5. The number of ether oxygens (including phenoxy) is 1. The Hall–Kier alpha value is -0.930. The first-order chi connectivity index (χ1) is 9.76. The summed E-state index contributed by atoms with van der Waals surface area (Å²) in [5.41, 5.74) is 1.12. The zero-order valence-electron chi connectivity index (χ0n) is 12.6. The van der Waals surface area contributed by atoms with Crippen LogP contribution in [0.4, 0.5) is 4.39 Å². The zero-order chi connectivity index (χ0) is 14.4. The number of benzene rings is 1. The summed E-state index contributed by atoms with van der Waals surface area (Å²) >= 11 is 0. The fourth-order valence-corrected chi connectivity index (χ4v) is 3.38. The summed E-state index contributed by atoms with van der Waals surface area (Å²) in [6.07, 6.45) is 6.58. The molecule has 0 aliphatic heterocycles. The Labute approximate surface area is 121 Å². The van der Waals surface area contributed by atoms with Gasteiger partial charge in [-0.05, 0) is 43.0 Å². The SMILES string of the molecule is CCNC(c1ccc(F)cc1)C(OC)C1CCCCC1. The molecule has 1 aromatic carbocycles. The second-order valence-corrected chi connectivity index (χ2v) is 5.69. The van der Waals surface area contributed by atoms with Gasteiger partial charge in [-0.1, -0.05) is 38.3 Å². The van der Waals surface area contributed by atoms with Crippen molar-refractivity contribution in [2.24, 2.45) is 5.92 Å². The van der Waals surface area contributed by atoms with Crippen molar-refractivity contribution in [3.8, 4) is 0 Å². The summed E-state index contributed by atoms with van der Waals surface area (Å²) in [6.45, 7) is 2.98. The highest BCUT2D eigenvalue weighted by Crippen LogP contribution is 2.34. The number of methoxy groups -OCH3 is 1. The van der Waals surface area contributed by atoms with E-state index in [1.165, 1.54) is 44.2 Å². The molecule has 0 heterocycles. The van der Waals surface area contributed by atoms with E-state index in [4.69, 9.17) is 4.74 Å². The van der Waals surface area contributed by atoms with Crippen LogP contribution in [0.5, 0.6) is 0 Å². The summed E-state index contributed by atoms with van der Waals surface area (Å²) in [6, 6.07) is 6.96. The Morgan fingerprint density at radius 3 is 2.40 bits per heavy atom. The topological polar surface area (TPSA) is 21.3 Å². The lowest BCUT2D eigenvalue weighted by atomic mass is 9.81. The normalized spacial score (nSPS) is 19.8. The minimum Gasteiger partial charge on any atom is -0.379 e. The van der Waals surface area contributed by atoms with Gasteiger partial charge in [-0.2, -0.15) is 0 Å². The number of hydrogen-bond donors (Lipinski definition) is 1. The molecule has 1 aromatic rings. The van der Waals surface area contributed by atoms with Gasteiger partial charge in [0.1, 0.15) is 5.82 Å². The molecule has 0 amide bonds. The summed E-state index contributed by atoms with van der Waals surface area (Å²) in [4.78, 5) is 0. The van der Waals surface area contributed by atoms with Crippen molar-refractivity contribution in [1.82, 2.24) is 5.32 Å². The van der Waals surface area contributed by atoms with Gasteiger partial charge in [0.2, 0.25) is 0 Å². The molecular formula is C17H26FNO. The summed E-state index contributed by atoms with van der Waals surface area (Å²) in [5, 5.41) is 3.52. The van der Waals surface area contributed by atoms with Crippen molar-refractivity contribution in [2.75, 3.05) is 13.7 Å². The van der Waals surface area contributed by atoms with Gasteiger partial charge in [-0.25, -0.2) is 4.39 Å². The van der Waals surface area contributed by atoms with Crippen LogP contribution < -0.4 is 5.32 Å². The van der Waals surface area contributed by atoms with Crippen LogP contribution in [0.15, 0.2) is 24.3 Å². The van der Waals surface area contributed by atoms with Crippen LogP contribution in [0, 0.1) is 11.7 Å². The van der Waals surface area contributed by atoms with E-state index in [1.807, 2.05) is 12.1 Å². The summed E-state index contributed by atoms with van der Waals surface area (Å²) in [7, 11) is 1.80. The lowest BCUT2D eigenvalue weighted by molar-refractivity contribution is 0.00791. The van der Waals surface area contributed by atoms with Crippen LogP contribution in [0.2, 0.25) is 0 Å². The third-order valence-corrected chi connectivity index (χ3v) is 4.37. The van der Waals surface area contributed by atoms with E-state index in [9.17, 15) is 4.39 Å². The van der Waals surface area contributed by atoms with Crippen LogP contribution in [-0.4, -0.2) is 19.8 Å². The number of rotatable bonds is 6. The smallest absolute Gasteiger partial charge is 0.123 e. The molecule has 2 atom stereocenters. The molecule has 2 unspecified atom stereocenters. The lowest BCUT2D eigenvalue weighted by Gasteiger charge is -2.35. The molecule has 2 nitrogen and oxygen atoms in total. The average Bonchev–Trinajstić information content (AvgIpc) is 2.49. The Morgan fingerprint density at radius 2 is 1.85 bits per heavy atom. The summed E-state index contributed by atoms with van der Waals surface area (Å²) in [5.74, 6) is 0.415. The molecule has 1 aliphatic rings. The number of halogens is 1. The molecule has 2 rings (SSSR count). The second-order valence-electron chi connectivity index (χ2n) is 5.69. The molecule has 0 bridgehead atoms. The molecule has 0 aromatic heterocycles. The van der Waals surface area contributed by atoms with E-state index in [2.05, 4.69) is 12.2 Å². The van der Waals surface area contributed by atoms with E-state index in [1.54, 1.807) is 7.11 Å². The van der Waals surface area contributed by atoms with Crippen LogP contribution in [-0.2, 0) is 4.74 Å². The number of hydrogen-bond acceptors (Lipinski definition) is 2. The third kappa shape index (κ3) is 3.80. The van der Waals surface area contributed by atoms with Crippen LogP contribution in [0.1, 0.15) is 50.6 Å². The van der Waals surface area contributed by atoms with E-state index < -0.39 is 0 Å². The van der Waals surface area contributed by atoms with Crippen LogP contribution in [0.3, 0.4) is 0 Å². The molecule has 20 heavy (non-hydrogen) atoms. The molecule has 1 saturated carbocycles. The fourth-order valence-electron chi connectivity index (χ4n) is 3.38. The molecule has 3 heteroatoms. The molecular weight excluding hydrogens is 253 g/mol. The molecule has 0 spiro atoms. The first-order valence-electron chi connectivity index (χ1n) is 7.78. The monoisotopic (exact) mass is 279 g/mol. The Bertz CT molecular complexity index is 386. The standard InChI is InChI=1S/C17H26FNO/c1-3-19-16(13-9-11-15(18)12-10-13)17(20-2)14-7-5-4-6-8-14/h9-12,14,16-17,19H,3-8H2,1-2H3. The maximum atomic E-state index is 13.1. The van der Waals surface area contributed by atoms with Crippen molar-refractivity contribution in [1.29, 1.82) is 0 Å². The van der Waals surface area contributed by atoms with Crippen molar-refractivity contribution in [3.05, 3.63) is 35.6 Å². The van der Waals surface area contributed by atoms with E-state index >= 15 is 0 Å². The van der Waals surface area contributed by atoms with Crippen molar-refractivity contribution in [2.45, 2.75) is 51.2 Å². The van der Waals surface area contributed by atoms with Gasteiger partial charge in [-0.3, -0.25) is 0 Å². The fraction of sp³-hybridized carbons (Fsp3) is 0.647. The maximum absolute atomic E-state index is 13.1. The predicted molar refractivity (Wildman–Crippen MR) is 80.2 cm³/mol. The van der Waals surface area contributed by atoms with E-state index in [-0.39, 0.29) is 18.0 Å². The van der Waals surface area contributed by atoms with Crippen molar-refractivity contribution in [3.63, 3.8) is 0 Å². The van der Waals surface area contributed by atoms with E-state index in [0.717, 1.165) is 12.1 Å². The Morgan fingerprint density at radius 1 is 1.20 bits per heavy atom. The minimum atomic E-state index is -0.185. The summed E-state index contributed by atoms with van der Waals surface area (Å²) < 4.78 is 19.0. The number of nitrogens with one attached hydrogen (secondary N) is 1. The minimum absolute atomic E-state index is 0.147. The third-order valence-electron chi connectivity index (χ3n) is 4.37. The first-order valence-corrected chi connectivity index (χ1v) is 7.78. The van der Waals surface area contributed by atoms with Gasteiger partial charge in [0.15, 0.2) is 0 Å². The maximum Gasteiger partial charge on any atom is 0.123 e. The molecule has 0 saturated heterocycles. The Balaban J connectivity index is 2.17. The number of likely N-dealkylation sites (N-methyl/N-ethyl adjacent to an activating group) is 1. The quantitative estimate of drug-likeness (QED) is 0.847. The van der Waals surface area contributed by atoms with Gasteiger partial charge < -0.3 is 10.1 Å². The molecule has 0 radical (unpaired) electrons. The lowest BCUT2D eigenvalue weighted by Crippen LogP contribution is -2.39.